The average Bonchev–Trinajstić information content (AvgIpc) is 2.90. The fourth-order valence-electron chi connectivity index (χ4n) is 4.09. The van der Waals surface area contributed by atoms with Crippen LogP contribution < -0.4 is 0 Å². The third-order valence-electron chi connectivity index (χ3n) is 5.51. The Bertz CT molecular complexity index is 738. The Kier molecular flexibility index (Phi) is 5.66. The summed E-state index contributed by atoms with van der Waals surface area (Å²) in [4.78, 5) is 4.77. The van der Waals surface area contributed by atoms with E-state index in [0.717, 1.165) is 32.6 Å². The van der Waals surface area contributed by atoms with E-state index < -0.39 is 9.84 Å². The molecular weight excluding hydrogens is 332 g/mol. The van der Waals surface area contributed by atoms with E-state index in [-0.39, 0.29) is 12.1 Å². The summed E-state index contributed by atoms with van der Waals surface area (Å²) in [6.45, 7) is 9.97. The summed E-state index contributed by atoms with van der Waals surface area (Å²) in [5, 5.41) is 0. The van der Waals surface area contributed by atoms with E-state index in [1.807, 2.05) is 0 Å². The van der Waals surface area contributed by atoms with Crippen LogP contribution in [0.25, 0.3) is 0 Å². The van der Waals surface area contributed by atoms with Crippen LogP contribution in [0.3, 0.4) is 0 Å². The van der Waals surface area contributed by atoms with Gasteiger partial charge in [-0.1, -0.05) is 42.8 Å². The quantitative estimate of drug-likeness (QED) is 0.755. The van der Waals surface area contributed by atoms with Crippen molar-refractivity contribution in [2.45, 2.75) is 45.8 Å². The largest absolute Gasteiger partial charge is 0.293 e. The van der Waals surface area contributed by atoms with Crippen molar-refractivity contribution in [2.24, 2.45) is 0 Å². The molecule has 1 aromatic rings. The topological polar surface area (TPSA) is 40.6 Å². The van der Waals surface area contributed by atoms with Crippen molar-refractivity contribution in [1.82, 2.24) is 9.80 Å². The van der Waals surface area contributed by atoms with Crippen molar-refractivity contribution in [2.75, 3.05) is 31.1 Å². The molecule has 4 nitrogen and oxygen atoms in total. The lowest BCUT2D eigenvalue weighted by atomic mass is 10.0. The highest BCUT2D eigenvalue weighted by atomic mass is 32.2. The maximum atomic E-state index is 12.3. The number of aryl methyl sites for hydroxylation is 1. The molecule has 2 aliphatic heterocycles. The highest BCUT2D eigenvalue weighted by Crippen LogP contribution is 2.28. The van der Waals surface area contributed by atoms with Gasteiger partial charge < -0.3 is 0 Å². The number of allylic oxidation sites excluding steroid dienone is 1. The second-order valence-electron chi connectivity index (χ2n) is 7.58. The molecule has 5 heteroatoms. The normalized spacial score (nSPS) is 26.4. The number of hydrogen-bond donors (Lipinski definition) is 0. The van der Waals surface area contributed by atoms with E-state index >= 15 is 0 Å². The zero-order valence-electron chi connectivity index (χ0n) is 15.6. The van der Waals surface area contributed by atoms with Gasteiger partial charge in [0.05, 0.1) is 11.5 Å². The molecule has 0 amide bonds. The Morgan fingerprint density at radius 1 is 1.08 bits per heavy atom. The van der Waals surface area contributed by atoms with Gasteiger partial charge in [0.1, 0.15) is 0 Å². The molecule has 2 aliphatic rings. The molecule has 138 valence electrons. The lowest BCUT2D eigenvalue weighted by Crippen LogP contribution is -2.58. The molecular formula is C20H30N2O2S. The van der Waals surface area contributed by atoms with Gasteiger partial charge in [-0.15, -0.1) is 0 Å². The first-order chi connectivity index (χ1) is 11.9. The highest BCUT2D eigenvalue weighted by Gasteiger charge is 2.46. The zero-order chi connectivity index (χ0) is 18.0. The molecule has 2 saturated heterocycles. The van der Waals surface area contributed by atoms with E-state index in [1.54, 1.807) is 0 Å². The minimum Gasteiger partial charge on any atom is -0.293 e. The Balaban J connectivity index is 1.80. The maximum Gasteiger partial charge on any atom is 0.153 e. The fraction of sp³-hybridized carbons (Fsp3) is 0.600. The van der Waals surface area contributed by atoms with Crippen LogP contribution in [0.5, 0.6) is 0 Å². The summed E-state index contributed by atoms with van der Waals surface area (Å²) in [5.74, 6) is 0.609. The van der Waals surface area contributed by atoms with E-state index in [2.05, 4.69) is 60.9 Å². The van der Waals surface area contributed by atoms with Crippen LogP contribution in [0.15, 0.2) is 35.9 Å². The van der Waals surface area contributed by atoms with Crippen molar-refractivity contribution in [3.63, 3.8) is 0 Å². The van der Waals surface area contributed by atoms with Crippen LogP contribution in [-0.4, -0.2) is 61.4 Å². The van der Waals surface area contributed by atoms with Gasteiger partial charge in [-0.3, -0.25) is 9.80 Å². The second-order valence-corrected chi connectivity index (χ2v) is 9.73. The number of rotatable bonds is 5. The maximum absolute atomic E-state index is 12.3. The first-order valence-corrected chi connectivity index (χ1v) is 11.1. The van der Waals surface area contributed by atoms with E-state index in [4.69, 9.17) is 0 Å². The van der Waals surface area contributed by atoms with E-state index in [9.17, 15) is 8.42 Å². The number of nitrogens with zero attached hydrogens (tertiary/aromatic N) is 2. The standard InChI is InChI=1S/C20H30N2O2S/c1-4-17-7-5-6-8-18(17)13-22-12-11-21(10-9-16(2)3)19-14-25(23,24)15-20(19)22/h5-9,19-20H,4,10-15H2,1-3H3/t19-,20+/m0/s1. The van der Waals surface area contributed by atoms with Crippen LogP contribution in [-0.2, 0) is 22.8 Å². The third-order valence-corrected chi connectivity index (χ3v) is 7.21. The second kappa shape index (κ2) is 7.60. The average molecular weight is 363 g/mol. The van der Waals surface area contributed by atoms with Crippen LogP contribution in [0.2, 0.25) is 0 Å². The Labute approximate surface area is 152 Å². The molecule has 3 rings (SSSR count). The predicted octanol–water partition coefficient (Wildman–Crippen LogP) is 2.50. The Morgan fingerprint density at radius 2 is 1.68 bits per heavy atom. The van der Waals surface area contributed by atoms with Crippen LogP contribution in [0.1, 0.15) is 31.9 Å². The van der Waals surface area contributed by atoms with Gasteiger partial charge in [-0.05, 0) is 31.4 Å². The monoisotopic (exact) mass is 362 g/mol. The van der Waals surface area contributed by atoms with Crippen LogP contribution in [0.4, 0.5) is 0 Å². The first kappa shape index (κ1) is 18.6. The fourth-order valence-corrected chi connectivity index (χ4v) is 6.14. The van der Waals surface area contributed by atoms with Gasteiger partial charge in [0.25, 0.3) is 0 Å². The Hall–Kier alpha value is -1.17. The van der Waals surface area contributed by atoms with Gasteiger partial charge >= 0.3 is 0 Å². The van der Waals surface area contributed by atoms with Gasteiger partial charge in [-0.2, -0.15) is 0 Å². The summed E-state index contributed by atoms with van der Waals surface area (Å²) in [6, 6.07) is 8.79. The van der Waals surface area contributed by atoms with Crippen molar-refractivity contribution >= 4 is 9.84 Å². The lowest BCUT2D eigenvalue weighted by molar-refractivity contribution is 0.0476. The molecule has 0 saturated carbocycles. The van der Waals surface area contributed by atoms with Crippen molar-refractivity contribution in [1.29, 1.82) is 0 Å². The SMILES string of the molecule is CCc1ccccc1CN1CCN(CC=C(C)C)[C@H]2CS(=O)(=O)C[C@H]21. The van der Waals surface area contributed by atoms with Crippen LogP contribution >= 0.6 is 0 Å². The van der Waals surface area contributed by atoms with E-state index in [0.29, 0.717) is 11.5 Å². The summed E-state index contributed by atoms with van der Waals surface area (Å²) in [7, 11) is -2.95. The number of hydrogen-bond acceptors (Lipinski definition) is 4. The van der Waals surface area contributed by atoms with Gasteiger partial charge in [-0.25, -0.2) is 8.42 Å². The van der Waals surface area contributed by atoms with Crippen molar-refractivity contribution in [3.8, 4) is 0 Å². The zero-order valence-corrected chi connectivity index (χ0v) is 16.4. The molecule has 0 unspecified atom stereocenters. The smallest absolute Gasteiger partial charge is 0.153 e. The minimum absolute atomic E-state index is 0.120. The predicted molar refractivity (Wildman–Crippen MR) is 103 cm³/mol. The summed E-state index contributed by atoms with van der Waals surface area (Å²) in [5.41, 5.74) is 3.99. The minimum atomic E-state index is -2.95. The number of piperazine rings is 1. The molecule has 1 aromatic carbocycles. The lowest BCUT2D eigenvalue weighted by Gasteiger charge is -2.44. The first-order valence-electron chi connectivity index (χ1n) is 9.28. The third kappa shape index (κ3) is 4.33. The molecule has 0 radical (unpaired) electrons. The van der Waals surface area contributed by atoms with E-state index in [1.165, 1.54) is 16.7 Å². The number of fused-ring (bicyclic) bond motifs is 1. The molecule has 2 fully saturated rings. The molecule has 0 N–H and O–H groups in total. The molecule has 2 heterocycles. The van der Waals surface area contributed by atoms with Crippen molar-refractivity contribution < 1.29 is 8.42 Å². The molecule has 25 heavy (non-hydrogen) atoms. The van der Waals surface area contributed by atoms with Gasteiger partial charge in [0.2, 0.25) is 0 Å². The highest BCUT2D eigenvalue weighted by molar-refractivity contribution is 7.91. The molecule has 0 aliphatic carbocycles. The molecule has 0 bridgehead atoms. The van der Waals surface area contributed by atoms with Gasteiger partial charge in [0.15, 0.2) is 9.84 Å². The summed E-state index contributed by atoms with van der Waals surface area (Å²) in [6.07, 6.45) is 3.23. The Morgan fingerprint density at radius 3 is 2.32 bits per heavy atom. The summed E-state index contributed by atoms with van der Waals surface area (Å²) < 4.78 is 24.7. The number of benzene rings is 1. The number of sulfone groups is 1. The molecule has 2 atom stereocenters. The summed E-state index contributed by atoms with van der Waals surface area (Å²) >= 11 is 0. The van der Waals surface area contributed by atoms with Crippen molar-refractivity contribution in [3.05, 3.63) is 47.0 Å². The molecule has 0 spiro atoms. The van der Waals surface area contributed by atoms with Gasteiger partial charge in [0, 0.05) is 38.3 Å². The molecule has 0 aromatic heterocycles. The van der Waals surface area contributed by atoms with Crippen LogP contribution in [0, 0.1) is 0 Å².